The molecule has 3 atom stereocenters. The number of hydrogen-bond acceptors (Lipinski definition) is 1. The van der Waals surface area contributed by atoms with Crippen LogP contribution in [0.1, 0.15) is 35.1 Å². The Bertz CT molecular complexity index is 1100. The van der Waals surface area contributed by atoms with Crippen molar-refractivity contribution in [3.63, 3.8) is 0 Å². The van der Waals surface area contributed by atoms with Gasteiger partial charge < -0.3 is 5.32 Å². The maximum atomic E-state index is 13.7. The van der Waals surface area contributed by atoms with Gasteiger partial charge in [-0.3, -0.25) is 0 Å². The van der Waals surface area contributed by atoms with Gasteiger partial charge in [-0.15, -0.1) is 0 Å². The van der Waals surface area contributed by atoms with Crippen molar-refractivity contribution in [3.05, 3.63) is 88.5 Å². The molecule has 1 nitrogen and oxygen atoms in total. The largest absolute Gasteiger partial charge is 0.416 e. The van der Waals surface area contributed by atoms with Gasteiger partial charge in [0, 0.05) is 5.92 Å². The molecule has 1 aliphatic heterocycles. The fraction of sp³-hybridized carbons (Fsp3) is 0.217. The van der Waals surface area contributed by atoms with Crippen molar-refractivity contribution < 1.29 is 13.2 Å². The number of hydrogen-bond donors (Lipinski definition) is 1. The molecular weight excluding hydrogens is 383 g/mol. The first-order valence-corrected chi connectivity index (χ1v) is 9.63. The first-order valence-electron chi connectivity index (χ1n) is 9.25. The van der Waals surface area contributed by atoms with Crippen molar-refractivity contribution in [1.82, 2.24) is 0 Å². The zero-order valence-corrected chi connectivity index (χ0v) is 15.6. The van der Waals surface area contributed by atoms with Crippen molar-refractivity contribution in [2.24, 2.45) is 5.92 Å². The van der Waals surface area contributed by atoms with Gasteiger partial charge in [0.15, 0.2) is 0 Å². The number of benzene rings is 3. The van der Waals surface area contributed by atoms with Crippen LogP contribution in [0.4, 0.5) is 18.9 Å². The number of nitrogens with one attached hydrogen (secondary N) is 1. The van der Waals surface area contributed by atoms with E-state index < -0.39 is 11.7 Å². The lowest BCUT2D eigenvalue weighted by Gasteiger charge is -2.39. The SMILES string of the molecule is FC(F)(F)c1ccc(Cl)c2c1[C@@H]1C=CC[C@H]1[C@H](c1cccc3ccccc13)N2. The summed E-state index contributed by atoms with van der Waals surface area (Å²) in [4.78, 5) is 0. The summed E-state index contributed by atoms with van der Waals surface area (Å²) in [6.07, 6.45) is 0.220. The normalized spacial score (nSPS) is 23.4. The molecule has 3 aromatic carbocycles. The average molecular weight is 400 g/mol. The van der Waals surface area contributed by atoms with Gasteiger partial charge in [0.25, 0.3) is 0 Å². The fourth-order valence-electron chi connectivity index (χ4n) is 4.75. The number of anilines is 1. The van der Waals surface area contributed by atoms with Crippen LogP contribution in [-0.4, -0.2) is 0 Å². The molecule has 0 saturated carbocycles. The third-order valence-electron chi connectivity index (χ3n) is 5.93. The highest BCUT2D eigenvalue weighted by Gasteiger charge is 2.45. The summed E-state index contributed by atoms with van der Waals surface area (Å²) in [5.41, 5.74) is 1.17. The van der Waals surface area contributed by atoms with Gasteiger partial charge in [-0.05, 0) is 46.4 Å². The average Bonchev–Trinajstić information content (AvgIpc) is 3.16. The molecule has 0 aromatic heterocycles. The number of alkyl halides is 3. The minimum Gasteiger partial charge on any atom is -0.376 e. The molecule has 0 unspecified atom stereocenters. The Kier molecular flexibility index (Phi) is 3.95. The molecule has 5 heteroatoms. The van der Waals surface area contributed by atoms with Crippen LogP contribution < -0.4 is 5.32 Å². The molecule has 0 amide bonds. The van der Waals surface area contributed by atoms with E-state index in [4.69, 9.17) is 11.6 Å². The summed E-state index contributed by atoms with van der Waals surface area (Å²) in [6.45, 7) is 0. The van der Waals surface area contributed by atoms with E-state index in [1.165, 1.54) is 6.07 Å². The van der Waals surface area contributed by atoms with Crippen LogP contribution in [0.3, 0.4) is 0 Å². The molecule has 3 aromatic rings. The van der Waals surface area contributed by atoms with E-state index in [0.29, 0.717) is 10.7 Å². The van der Waals surface area contributed by atoms with E-state index >= 15 is 0 Å². The molecule has 0 fully saturated rings. The van der Waals surface area contributed by atoms with Crippen molar-refractivity contribution in [2.75, 3.05) is 5.32 Å². The first kappa shape index (κ1) is 17.6. The quantitative estimate of drug-likeness (QED) is 0.422. The van der Waals surface area contributed by atoms with Gasteiger partial charge in [-0.25, -0.2) is 0 Å². The van der Waals surface area contributed by atoms with Gasteiger partial charge >= 0.3 is 6.18 Å². The lowest BCUT2D eigenvalue weighted by Crippen LogP contribution is -2.31. The van der Waals surface area contributed by atoms with Crippen LogP contribution >= 0.6 is 11.6 Å². The van der Waals surface area contributed by atoms with Crippen molar-refractivity contribution in [3.8, 4) is 0 Å². The van der Waals surface area contributed by atoms with Gasteiger partial charge in [0.1, 0.15) is 0 Å². The van der Waals surface area contributed by atoms with E-state index in [-0.39, 0.29) is 23.4 Å². The molecule has 1 aliphatic carbocycles. The van der Waals surface area contributed by atoms with Crippen LogP contribution in [0.15, 0.2) is 66.7 Å². The number of allylic oxidation sites excluding steroid dienone is 2. The molecular formula is C23H17ClF3N. The Morgan fingerprint density at radius 2 is 1.75 bits per heavy atom. The van der Waals surface area contributed by atoms with Crippen LogP contribution in [-0.2, 0) is 6.18 Å². The monoisotopic (exact) mass is 399 g/mol. The highest BCUT2D eigenvalue weighted by molar-refractivity contribution is 6.33. The summed E-state index contributed by atoms with van der Waals surface area (Å²) < 4.78 is 41.1. The molecule has 2 aliphatic rings. The lowest BCUT2D eigenvalue weighted by molar-refractivity contribution is -0.138. The van der Waals surface area contributed by atoms with Gasteiger partial charge in [0.2, 0.25) is 0 Å². The predicted molar refractivity (Wildman–Crippen MR) is 107 cm³/mol. The maximum Gasteiger partial charge on any atom is 0.416 e. The molecule has 142 valence electrons. The summed E-state index contributed by atoms with van der Waals surface area (Å²) >= 11 is 6.37. The van der Waals surface area contributed by atoms with E-state index in [9.17, 15) is 13.2 Å². The zero-order chi connectivity index (χ0) is 19.5. The molecule has 0 saturated heterocycles. The molecule has 0 radical (unpaired) electrons. The predicted octanol–water partition coefficient (Wildman–Crippen LogP) is 7.34. The van der Waals surface area contributed by atoms with E-state index in [1.807, 2.05) is 30.4 Å². The second-order valence-electron chi connectivity index (χ2n) is 7.43. The Labute approximate surface area is 165 Å². The van der Waals surface area contributed by atoms with Gasteiger partial charge in [0.05, 0.1) is 22.3 Å². The smallest absolute Gasteiger partial charge is 0.376 e. The highest BCUT2D eigenvalue weighted by atomic mass is 35.5. The van der Waals surface area contributed by atoms with Crippen molar-refractivity contribution in [1.29, 1.82) is 0 Å². The molecule has 5 rings (SSSR count). The third-order valence-corrected chi connectivity index (χ3v) is 6.25. The Morgan fingerprint density at radius 1 is 0.964 bits per heavy atom. The Hall–Kier alpha value is -2.46. The topological polar surface area (TPSA) is 12.0 Å². The minimum absolute atomic E-state index is 0.0119. The highest BCUT2D eigenvalue weighted by Crippen LogP contribution is 2.55. The first-order chi connectivity index (χ1) is 13.4. The van der Waals surface area contributed by atoms with Crippen LogP contribution in [0.2, 0.25) is 5.02 Å². The number of halogens is 4. The van der Waals surface area contributed by atoms with Crippen molar-refractivity contribution >= 4 is 28.1 Å². The Balaban J connectivity index is 1.72. The van der Waals surface area contributed by atoms with Crippen LogP contribution in [0.25, 0.3) is 10.8 Å². The summed E-state index contributed by atoms with van der Waals surface area (Å²) in [5, 5.41) is 5.94. The van der Waals surface area contributed by atoms with Gasteiger partial charge in [-0.1, -0.05) is 66.2 Å². The van der Waals surface area contributed by atoms with Crippen molar-refractivity contribution in [2.45, 2.75) is 24.6 Å². The van der Waals surface area contributed by atoms with Crippen LogP contribution in [0, 0.1) is 5.92 Å². The molecule has 1 N–H and O–H groups in total. The molecule has 1 heterocycles. The zero-order valence-electron chi connectivity index (χ0n) is 14.8. The maximum absolute atomic E-state index is 13.7. The minimum atomic E-state index is -4.41. The number of rotatable bonds is 1. The molecule has 0 spiro atoms. The lowest BCUT2D eigenvalue weighted by atomic mass is 9.74. The summed E-state index contributed by atoms with van der Waals surface area (Å²) in [5.74, 6) is -0.298. The Morgan fingerprint density at radius 3 is 2.57 bits per heavy atom. The number of fused-ring (bicyclic) bond motifs is 4. The van der Waals surface area contributed by atoms with Crippen LogP contribution in [0.5, 0.6) is 0 Å². The second-order valence-corrected chi connectivity index (χ2v) is 7.83. The molecule has 0 bridgehead atoms. The fourth-order valence-corrected chi connectivity index (χ4v) is 4.97. The summed E-state index contributed by atoms with van der Waals surface area (Å²) in [6, 6.07) is 16.5. The summed E-state index contributed by atoms with van der Waals surface area (Å²) in [7, 11) is 0. The third kappa shape index (κ3) is 2.62. The van der Waals surface area contributed by atoms with E-state index in [2.05, 4.69) is 29.6 Å². The molecule has 28 heavy (non-hydrogen) atoms. The van der Waals surface area contributed by atoms with Gasteiger partial charge in [-0.2, -0.15) is 13.2 Å². The van der Waals surface area contributed by atoms with E-state index in [1.54, 1.807) is 0 Å². The second kappa shape index (κ2) is 6.28. The standard InChI is InChI=1S/C23H17ClF3N/c24-19-12-11-18(23(25,26)27)20-15-8-4-10-17(15)21(28-22(19)20)16-9-3-6-13-5-1-2-7-14(13)16/h1-9,11-12,15,17,21,28H,10H2/t15-,17-,21+/m1/s1. The van der Waals surface area contributed by atoms with E-state index in [0.717, 1.165) is 28.8 Å².